The lowest BCUT2D eigenvalue weighted by Gasteiger charge is -2.23. The number of tetrazole rings is 1. The Morgan fingerprint density at radius 3 is 2.79 bits per heavy atom. The molecule has 0 saturated carbocycles. The molecule has 0 unspecified atom stereocenters. The van der Waals surface area contributed by atoms with Crippen LogP contribution in [0.3, 0.4) is 0 Å². The summed E-state index contributed by atoms with van der Waals surface area (Å²) in [6.07, 6.45) is 0. The number of nitrogen functional groups attached to an aromatic ring is 1. The molecule has 0 bridgehead atoms. The lowest BCUT2D eigenvalue weighted by Crippen LogP contribution is -2.30. The number of anilines is 1. The fraction of sp³-hybridized carbons (Fsp3) is 0.417. The Balaban J connectivity index is 2.45. The van der Waals surface area contributed by atoms with Crippen molar-refractivity contribution in [3.63, 3.8) is 0 Å². The topological polar surface area (TPSA) is 78.8 Å². The molecule has 0 atom stereocenters. The van der Waals surface area contributed by atoms with Crippen molar-refractivity contribution in [3.05, 3.63) is 23.2 Å². The molecule has 0 spiro atoms. The molecule has 2 rings (SSSR count). The molecule has 1 aromatic heterocycles. The van der Waals surface area contributed by atoms with Crippen molar-refractivity contribution in [3.8, 4) is 11.4 Å². The van der Waals surface area contributed by atoms with Crippen LogP contribution in [0.1, 0.15) is 13.8 Å². The summed E-state index contributed by atoms with van der Waals surface area (Å²) < 4.78 is 7.02. The van der Waals surface area contributed by atoms with E-state index in [1.807, 2.05) is 13.8 Å². The lowest BCUT2D eigenvalue weighted by molar-refractivity contribution is 0.00539. The van der Waals surface area contributed by atoms with Gasteiger partial charge in [-0.3, -0.25) is 0 Å². The Morgan fingerprint density at radius 2 is 2.16 bits per heavy atom. The fourth-order valence-corrected chi connectivity index (χ4v) is 1.96. The number of aromatic nitrogens is 4. The van der Waals surface area contributed by atoms with Crippen molar-refractivity contribution in [2.75, 3.05) is 12.8 Å². The monoisotopic (exact) mass is 281 g/mol. The zero-order valence-electron chi connectivity index (χ0n) is 11.1. The molecule has 2 aromatic rings. The first-order chi connectivity index (χ1) is 8.94. The molecular weight excluding hydrogens is 266 g/mol. The molecule has 1 aromatic carbocycles. The summed E-state index contributed by atoms with van der Waals surface area (Å²) in [4.78, 5) is 0. The van der Waals surface area contributed by atoms with Gasteiger partial charge in [0.15, 0.2) is 5.82 Å². The van der Waals surface area contributed by atoms with E-state index in [1.54, 1.807) is 30.0 Å². The Labute approximate surface area is 116 Å². The minimum absolute atomic E-state index is 0.389. The third-order valence-corrected chi connectivity index (χ3v) is 3.20. The van der Waals surface area contributed by atoms with Gasteiger partial charge >= 0.3 is 0 Å². The van der Waals surface area contributed by atoms with Gasteiger partial charge in [0.05, 0.1) is 22.7 Å². The minimum Gasteiger partial charge on any atom is -0.398 e. The summed E-state index contributed by atoms with van der Waals surface area (Å²) in [5.74, 6) is 0.535. The van der Waals surface area contributed by atoms with Crippen LogP contribution < -0.4 is 5.73 Å². The van der Waals surface area contributed by atoms with Gasteiger partial charge in [0.1, 0.15) is 0 Å². The average molecular weight is 282 g/mol. The van der Waals surface area contributed by atoms with E-state index in [9.17, 15) is 0 Å². The largest absolute Gasteiger partial charge is 0.398 e. The van der Waals surface area contributed by atoms with Crippen LogP contribution in [0.4, 0.5) is 5.69 Å². The number of ether oxygens (including phenoxy) is 1. The van der Waals surface area contributed by atoms with Gasteiger partial charge in [0.2, 0.25) is 0 Å². The third kappa shape index (κ3) is 2.85. The standard InChI is InChI=1S/C12H16ClN5O/c1-12(2,19-3)7-18-11(15-16-17-18)10-8(13)5-4-6-9(10)14/h4-6H,7,14H2,1-3H3. The van der Waals surface area contributed by atoms with E-state index in [0.29, 0.717) is 28.6 Å². The third-order valence-electron chi connectivity index (χ3n) is 2.88. The number of benzene rings is 1. The Bertz CT molecular complexity index is 561. The second-order valence-corrected chi connectivity index (χ2v) is 5.24. The van der Waals surface area contributed by atoms with Crippen LogP contribution in [-0.4, -0.2) is 32.9 Å². The lowest BCUT2D eigenvalue weighted by atomic mass is 10.1. The highest BCUT2D eigenvalue weighted by Gasteiger charge is 2.22. The number of halogens is 1. The number of rotatable bonds is 4. The first-order valence-corrected chi connectivity index (χ1v) is 6.18. The molecule has 0 aliphatic rings. The number of nitrogens with zero attached hydrogens (tertiary/aromatic N) is 4. The quantitative estimate of drug-likeness (QED) is 0.867. The van der Waals surface area contributed by atoms with Crippen molar-refractivity contribution < 1.29 is 4.74 Å². The SMILES string of the molecule is COC(C)(C)Cn1nnnc1-c1c(N)cccc1Cl. The van der Waals surface area contributed by atoms with Crippen LogP contribution in [0.5, 0.6) is 0 Å². The van der Waals surface area contributed by atoms with E-state index in [0.717, 1.165) is 0 Å². The van der Waals surface area contributed by atoms with Crippen molar-refractivity contribution >= 4 is 17.3 Å². The minimum atomic E-state index is -0.389. The second kappa shape index (κ2) is 5.14. The molecule has 0 amide bonds. The average Bonchev–Trinajstić information content (AvgIpc) is 2.76. The summed E-state index contributed by atoms with van der Waals surface area (Å²) in [7, 11) is 1.65. The first-order valence-electron chi connectivity index (χ1n) is 5.80. The molecule has 0 saturated heterocycles. The van der Waals surface area contributed by atoms with Crippen LogP contribution in [0.25, 0.3) is 11.4 Å². The fourth-order valence-electron chi connectivity index (χ4n) is 1.69. The first kappa shape index (κ1) is 13.8. The van der Waals surface area contributed by atoms with E-state index >= 15 is 0 Å². The maximum absolute atomic E-state index is 6.18. The van der Waals surface area contributed by atoms with Gasteiger partial charge in [0.25, 0.3) is 0 Å². The van der Waals surface area contributed by atoms with Gasteiger partial charge in [-0.15, -0.1) is 5.10 Å². The van der Waals surface area contributed by atoms with E-state index in [4.69, 9.17) is 22.1 Å². The molecule has 1 heterocycles. The second-order valence-electron chi connectivity index (χ2n) is 4.83. The van der Waals surface area contributed by atoms with Crippen LogP contribution in [0.2, 0.25) is 5.02 Å². The zero-order valence-corrected chi connectivity index (χ0v) is 11.8. The van der Waals surface area contributed by atoms with Crippen molar-refractivity contribution in [2.24, 2.45) is 0 Å². The van der Waals surface area contributed by atoms with Crippen molar-refractivity contribution in [1.82, 2.24) is 20.2 Å². The molecular formula is C12H16ClN5O. The predicted octanol–water partition coefficient (Wildman–Crippen LogP) is 2.00. The molecule has 2 N–H and O–H groups in total. The van der Waals surface area contributed by atoms with E-state index in [2.05, 4.69) is 15.5 Å². The Morgan fingerprint density at radius 1 is 1.42 bits per heavy atom. The Kier molecular flexibility index (Phi) is 3.73. The van der Waals surface area contributed by atoms with Crippen LogP contribution >= 0.6 is 11.6 Å². The van der Waals surface area contributed by atoms with Gasteiger partial charge in [-0.05, 0) is 36.4 Å². The highest BCUT2D eigenvalue weighted by molar-refractivity contribution is 6.33. The predicted molar refractivity (Wildman–Crippen MR) is 73.8 cm³/mol. The van der Waals surface area contributed by atoms with Crippen molar-refractivity contribution in [1.29, 1.82) is 0 Å². The highest BCUT2D eigenvalue weighted by atomic mass is 35.5. The molecule has 0 aliphatic carbocycles. The molecule has 0 aliphatic heterocycles. The summed E-state index contributed by atoms with van der Waals surface area (Å²) in [6.45, 7) is 4.40. The maximum atomic E-state index is 6.18. The molecule has 6 nitrogen and oxygen atoms in total. The molecule has 0 fully saturated rings. The number of hydrogen-bond donors (Lipinski definition) is 1. The van der Waals surface area contributed by atoms with E-state index < -0.39 is 0 Å². The maximum Gasteiger partial charge on any atom is 0.185 e. The summed E-state index contributed by atoms with van der Waals surface area (Å²) in [5, 5.41) is 12.2. The summed E-state index contributed by atoms with van der Waals surface area (Å²) in [5.41, 5.74) is 6.74. The number of nitrogens with two attached hydrogens (primary N) is 1. The molecule has 19 heavy (non-hydrogen) atoms. The summed E-state index contributed by atoms with van der Waals surface area (Å²) >= 11 is 6.18. The molecule has 7 heteroatoms. The van der Waals surface area contributed by atoms with E-state index in [1.165, 1.54) is 0 Å². The molecule has 0 radical (unpaired) electrons. The smallest absolute Gasteiger partial charge is 0.185 e. The van der Waals surface area contributed by atoms with Gasteiger partial charge < -0.3 is 10.5 Å². The number of hydrogen-bond acceptors (Lipinski definition) is 5. The molecule has 102 valence electrons. The van der Waals surface area contributed by atoms with Crippen LogP contribution in [0.15, 0.2) is 18.2 Å². The normalized spacial score (nSPS) is 11.8. The van der Waals surface area contributed by atoms with Gasteiger partial charge in [0, 0.05) is 12.8 Å². The summed E-state index contributed by atoms with van der Waals surface area (Å²) in [6, 6.07) is 5.31. The number of methoxy groups -OCH3 is 1. The van der Waals surface area contributed by atoms with Crippen LogP contribution in [0, 0.1) is 0 Å². The van der Waals surface area contributed by atoms with Gasteiger partial charge in [-0.1, -0.05) is 17.7 Å². The van der Waals surface area contributed by atoms with Gasteiger partial charge in [-0.2, -0.15) is 0 Å². The zero-order chi connectivity index (χ0) is 14.0. The Hall–Kier alpha value is -1.66. The van der Waals surface area contributed by atoms with Crippen LogP contribution in [-0.2, 0) is 11.3 Å². The van der Waals surface area contributed by atoms with Crippen molar-refractivity contribution in [2.45, 2.75) is 26.0 Å². The highest BCUT2D eigenvalue weighted by Crippen LogP contribution is 2.31. The van der Waals surface area contributed by atoms with E-state index in [-0.39, 0.29) is 5.60 Å². The van der Waals surface area contributed by atoms with Gasteiger partial charge in [-0.25, -0.2) is 4.68 Å².